The number of anilines is 2. The highest BCUT2D eigenvalue weighted by Crippen LogP contribution is 2.38. The highest BCUT2D eigenvalue weighted by molar-refractivity contribution is 5.59. The topological polar surface area (TPSA) is 49.6 Å². The molecule has 0 aliphatic carbocycles. The Morgan fingerprint density at radius 2 is 1.12 bits per heavy atom. The number of non-ortho nitro benzene ring substituents is 1. The summed E-state index contributed by atoms with van der Waals surface area (Å²) in [6.45, 7) is 16.9. The third-order valence-electron chi connectivity index (χ3n) is 6.82. The van der Waals surface area contributed by atoms with Crippen LogP contribution in [0.4, 0.5) is 17.1 Å². The molecule has 34 heavy (non-hydrogen) atoms. The molecule has 0 heterocycles. The monoisotopic (exact) mass is 459 g/mol. The van der Waals surface area contributed by atoms with Crippen LogP contribution in [0.25, 0.3) is 0 Å². The first kappa shape index (κ1) is 25.3. The smallest absolute Gasteiger partial charge is 0.269 e. The molecule has 0 aliphatic rings. The molecule has 0 aliphatic heterocycles. The van der Waals surface area contributed by atoms with Crippen molar-refractivity contribution in [2.75, 3.05) is 36.0 Å². The van der Waals surface area contributed by atoms with E-state index in [1.54, 1.807) is 12.1 Å². The van der Waals surface area contributed by atoms with Gasteiger partial charge in [-0.1, -0.05) is 24.3 Å². The Bertz CT molecular complexity index is 1060. The second-order valence-electron chi connectivity index (χ2n) is 8.71. The van der Waals surface area contributed by atoms with Crippen LogP contribution in [0, 0.1) is 24.0 Å². The van der Waals surface area contributed by atoms with Gasteiger partial charge in [-0.2, -0.15) is 0 Å². The average Bonchev–Trinajstić information content (AvgIpc) is 2.83. The minimum absolute atomic E-state index is 0.00249. The molecule has 0 aromatic heterocycles. The number of nitro groups is 1. The summed E-state index contributed by atoms with van der Waals surface area (Å²) in [5, 5.41) is 11.2. The van der Waals surface area contributed by atoms with Gasteiger partial charge in [-0.3, -0.25) is 10.1 Å². The van der Waals surface area contributed by atoms with E-state index in [-0.39, 0.29) is 16.5 Å². The second kappa shape index (κ2) is 11.2. The lowest BCUT2D eigenvalue weighted by Gasteiger charge is -2.27. The van der Waals surface area contributed by atoms with Crippen molar-refractivity contribution in [2.24, 2.45) is 0 Å². The van der Waals surface area contributed by atoms with Crippen LogP contribution < -0.4 is 9.80 Å². The zero-order chi connectivity index (χ0) is 24.8. The van der Waals surface area contributed by atoms with Crippen molar-refractivity contribution < 1.29 is 4.92 Å². The van der Waals surface area contributed by atoms with Crippen molar-refractivity contribution in [3.63, 3.8) is 0 Å². The van der Waals surface area contributed by atoms with Gasteiger partial charge in [0.15, 0.2) is 0 Å². The van der Waals surface area contributed by atoms with Gasteiger partial charge in [-0.25, -0.2) is 0 Å². The molecule has 0 fully saturated rings. The van der Waals surface area contributed by atoms with E-state index in [1.165, 1.54) is 33.6 Å². The lowest BCUT2D eigenvalue weighted by atomic mass is 9.81. The number of benzene rings is 3. The van der Waals surface area contributed by atoms with E-state index in [0.717, 1.165) is 31.7 Å². The summed E-state index contributed by atoms with van der Waals surface area (Å²) in [7, 11) is 0. The van der Waals surface area contributed by atoms with Crippen LogP contribution in [0.1, 0.15) is 61.4 Å². The van der Waals surface area contributed by atoms with E-state index in [4.69, 9.17) is 0 Å². The Hall–Kier alpha value is -3.34. The van der Waals surface area contributed by atoms with Gasteiger partial charge in [0.25, 0.3) is 5.69 Å². The molecule has 3 rings (SSSR count). The maximum absolute atomic E-state index is 11.2. The molecule has 0 amide bonds. The zero-order valence-electron chi connectivity index (χ0n) is 21.3. The van der Waals surface area contributed by atoms with Crippen molar-refractivity contribution in [3.05, 3.63) is 98.6 Å². The molecule has 0 saturated heterocycles. The lowest BCUT2D eigenvalue weighted by molar-refractivity contribution is -0.384. The van der Waals surface area contributed by atoms with Crippen LogP contribution in [0.2, 0.25) is 0 Å². The van der Waals surface area contributed by atoms with Crippen LogP contribution in [-0.4, -0.2) is 31.1 Å². The molecule has 5 heteroatoms. The third-order valence-corrected chi connectivity index (χ3v) is 6.82. The van der Waals surface area contributed by atoms with E-state index in [0.29, 0.717) is 0 Å². The first-order valence-corrected chi connectivity index (χ1v) is 12.3. The summed E-state index contributed by atoms with van der Waals surface area (Å²) >= 11 is 0. The van der Waals surface area contributed by atoms with Gasteiger partial charge in [0.2, 0.25) is 0 Å². The Kier molecular flexibility index (Phi) is 8.32. The summed E-state index contributed by atoms with van der Waals surface area (Å²) in [5.74, 6) is -0.00249. The number of nitro benzene ring substituents is 1. The normalized spacial score (nSPS) is 11.0. The van der Waals surface area contributed by atoms with Gasteiger partial charge in [-0.05, 0) is 93.6 Å². The highest BCUT2D eigenvalue weighted by Gasteiger charge is 2.22. The Morgan fingerprint density at radius 1 is 0.706 bits per heavy atom. The van der Waals surface area contributed by atoms with Crippen LogP contribution in [-0.2, 0) is 0 Å². The Labute approximate surface area is 204 Å². The van der Waals surface area contributed by atoms with Crippen molar-refractivity contribution in [2.45, 2.75) is 47.5 Å². The van der Waals surface area contributed by atoms with Crippen LogP contribution in [0.15, 0.2) is 60.7 Å². The van der Waals surface area contributed by atoms with Crippen molar-refractivity contribution in [1.29, 1.82) is 0 Å². The molecule has 3 aromatic carbocycles. The summed E-state index contributed by atoms with van der Waals surface area (Å²) in [4.78, 5) is 15.6. The minimum Gasteiger partial charge on any atom is -0.372 e. The van der Waals surface area contributed by atoms with E-state index in [1.807, 2.05) is 12.1 Å². The van der Waals surface area contributed by atoms with Gasteiger partial charge in [0, 0.05) is 55.6 Å². The second-order valence-corrected chi connectivity index (χ2v) is 8.71. The summed E-state index contributed by atoms with van der Waals surface area (Å²) < 4.78 is 0. The van der Waals surface area contributed by atoms with Crippen molar-refractivity contribution in [3.8, 4) is 0 Å². The highest BCUT2D eigenvalue weighted by atomic mass is 16.6. The molecule has 0 atom stereocenters. The Morgan fingerprint density at radius 3 is 1.44 bits per heavy atom. The van der Waals surface area contributed by atoms with Gasteiger partial charge in [0.05, 0.1) is 4.92 Å². The molecule has 0 bridgehead atoms. The standard InChI is InChI=1S/C29H37N3O2/c1-7-30(8-2)25-15-17-27(21(5)19-25)29(23-11-13-24(14-12-23)32(33)34)28-18-16-26(20-22(28)6)31(9-3)10-4/h11-20,29H,7-10H2,1-6H3. The molecule has 180 valence electrons. The molecule has 0 radical (unpaired) electrons. The average molecular weight is 460 g/mol. The molecule has 0 N–H and O–H groups in total. The number of aryl methyl sites for hydroxylation is 2. The zero-order valence-corrected chi connectivity index (χ0v) is 21.3. The summed E-state index contributed by atoms with van der Waals surface area (Å²) in [6.07, 6.45) is 0. The molecular weight excluding hydrogens is 422 g/mol. The van der Waals surface area contributed by atoms with Gasteiger partial charge in [0.1, 0.15) is 0 Å². The molecule has 0 spiro atoms. The predicted molar refractivity (Wildman–Crippen MR) is 144 cm³/mol. The van der Waals surface area contributed by atoms with E-state index in [2.05, 4.69) is 87.7 Å². The molecule has 3 aromatic rings. The van der Waals surface area contributed by atoms with Crippen molar-refractivity contribution in [1.82, 2.24) is 0 Å². The lowest BCUT2D eigenvalue weighted by Crippen LogP contribution is -2.22. The van der Waals surface area contributed by atoms with Crippen molar-refractivity contribution >= 4 is 17.1 Å². The van der Waals surface area contributed by atoms with E-state index >= 15 is 0 Å². The summed E-state index contributed by atoms with van der Waals surface area (Å²) in [5.41, 5.74) is 8.52. The third kappa shape index (κ3) is 5.24. The predicted octanol–water partition coefficient (Wildman–Crippen LogP) is 7.08. The fraction of sp³-hybridized carbons (Fsp3) is 0.379. The van der Waals surface area contributed by atoms with Crippen LogP contribution in [0.3, 0.4) is 0 Å². The fourth-order valence-electron chi connectivity index (χ4n) is 4.85. The van der Waals surface area contributed by atoms with E-state index < -0.39 is 0 Å². The minimum atomic E-state index is -0.340. The molecule has 5 nitrogen and oxygen atoms in total. The Balaban J connectivity index is 2.15. The fourth-order valence-corrected chi connectivity index (χ4v) is 4.85. The SMILES string of the molecule is CCN(CC)c1ccc(C(c2ccc([N+](=O)[O-])cc2)c2ccc(N(CC)CC)cc2C)c(C)c1. The molecular formula is C29H37N3O2. The van der Waals surface area contributed by atoms with Crippen LogP contribution in [0.5, 0.6) is 0 Å². The van der Waals surface area contributed by atoms with Gasteiger partial charge < -0.3 is 9.80 Å². The van der Waals surface area contributed by atoms with Crippen LogP contribution >= 0.6 is 0 Å². The first-order chi connectivity index (χ1) is 16.3. The van der Waals surface area contributed by atoms with Gasteiger partial charge >= 0.3 is 0 Å². The number of rotatable bonds is 10. The number of hydrogen-bond donors (Lipinski definition) is 0. The largest absolute Gasteiger partial charge is 0.372 e. The number of hydrogen-bond acceptors (Lipinski definition) is 4. The quantitative estimate of drug-likeness (QED) is 0.185. The molecule has 0 saturated carbocycles. The molecule has 0 unspecified atom stereocenters. The van der Waals surface area contributed by atoms with Gasteiger partial charge in [-0.15, -0.1) is 0 Å². The maximum atomic E-state index is 11.2. The maximum Gasteiger partial charge on any atom is 0.269 e. The summed E-state index contributed by atoms with van der Waals surface area (Å²) in [6, 6.07) is 20.4. The van der Waals surface area contributed by atoms with E-state index in [9.17, 15) is 10.1 Å². The number of nitrogens with zero attached hydrogens (tertiary/aromatic N) is 3. The first-order valence-electron chi connectivity index (χ1n) is 12.3.